The number of pyridine rings is 1. The van der Waals surface area contributed by atoms with Crippen LogP contribution < -0.4 is 14.8 Å². The fourth-order valence-electron chi connectivity index (χ4n) is 2.79. The SMILES string of the molecule is COc1cc(C(=O)Nc2cccc3cccnc23)ccc1OCc1cscn1. The van der Waals surface area contributed by atoms with Gasteiger partial charge in [0.25, 0.3) is 5.91 Å². The van der Waals surface area contributed by atoms with Gasteiger partial charge in [0, 0.05) is 22.5 Å². The minimum atomic E-state index is -0.248. The Morgan fingerprint density at radius 2 is 2.00 bits per heavy atom. The van der Waals surface area contributed by atoms with Gasteiger partial charge in [-0.2, -0.15) is 0 Å². The molecule has 1 amide bonds. The van der Waals surface area contributed by atoms with Crippen LogP contribution in [0.4, 0.5) is 5.69 Å². The van der Waals surface area contributed by atoms with E-state index < -0.39 is 0 Å². The second-order valence-corrected chi connectivity index (χ2v) is 6.69. The Labute approximate surface area is 165 Å². The van der Waals surface area contributed by atoms with E-state index in [2.05, 4.69) is 15.3 Å². The van der Waals surface area contributed by atoms with E-state index in [4.69, 9.17) is 9.47 Å². The summed E-state index contributed by atoms with van der Waals surface area (Å²) in [4.78, 5) is 21.3. The molecule has 0 atom stereocenters. The molecule has 4 aromatic rings. The van der Waals surface area contributed by atoms with Crippen molar-refractivity contribution in [2.45, 2.75) is 6.61 Å². The summed E-state index contributed by atoms with van der Waals surface area (Å²) < 4.78 is 11.2. The van der Waals surface area contributed by atoms with Crippen LogP contribution in [0.3, 0.4) is 0 Å². The molecule has 2 heterocycles. The molecule has 0 unspecified atom stereocenters. The molecule has 0 aliphatic rings. The largest absolute Gasteiger partial charge is 0.493 e. The lowest BCUT2D eigenvalue weighted by molar-refractivity contribution is 0.102. The molecule has 0 bridgehead atoms. The van der Waals surface area contributed by atoms with E-state index in [1.807, 2.05) is 35.7 Å². The molecule has 140 valence electrons. The minimum Gasteiger partial charge on any atom is -0.493 e. The average molecular weight is 391 g/mol. The van der Waals surface area contributed by atoms with Gasteiger partial charge in [0.15, 0.2) is 11.5 Å². The third kappa shape index (κ3) is 3.79. The number of fused-ring (bicyclic) bond motifs is 1. The quantitative estimate of drug-likeness (QED) is 0.523. The molecule has 0 fully saturated rings. The van der Waals surface area contributed by atoms with Gasteiger partial charge in [-0.3, -0.25) is 9.78 Å². The summed E-state index contributed by atoms with van der Waals surface area (Å²) in [7, 11) is 1.54. The molecule has 0 radical (unpaired) electrons. The summed E-state index contributed by atoms with van der Waals surface area (Å²) >= 11 is 1.51. The van der Waals surface area contributed by atoms with Crippen molar-refractivity contribution < 1.29 is 14.3 Å². The van der Waals surface area contributed by atoms with Crippen LogP contribution in [-0.2, 0) is 6.61 Å². The summed E-state index contributed by atoms with van der Waals surface area (Å²) in [6.07, 6.45) is 1.70. The Morgan fingerprint density at radius 3 is 2.82 bits per heavy atom. The van der Waals surface area contributed by atoms with Gasteiger partial charge in [-0.15, -0.1) is 11.3 Å². The zero-order valence-corrected chi connectivity index (χ0v) is 15.9. The van der Waals surface area contributed by atoms with Gasteiger partial charge < -0.3 is 14.8 Å². The first kappa shape index (κ1) is 17.9. The lowest BCUT2D eigenvalue weighted by Crippen LogP contribution is -2.12. The van der Waals surface area contributed by atoms with Crippen molar-refractivity contribution in [3.8, 4) is 11.5 Å². The van der Waals surface area contributed by atoms with Crippen LogP contribution in [0.25, 0.3) is 10.9 Å². The number of nitrogens with zero attached hydrogens (tertiary/aromatic N) is 2. The highest BCUT2D eigenvalue weighted by Gasteiger charge is 2.13. The molecule has 0 saturated heterocycles. The van der Waals surface area contributed by atoms with E-state index in [-0.39, 0.29) is 5.91 Å². The zero-order chi connectivity index (χ0) is 19.3. The van der Waals surface area contributed by atoms with Crippen molar-refractivity contribution in [1.29, 1.82) is 0 Å². The molecule has 2 aromatic heterocycles. The molecule has 0 saturated carbocycles. The van der Waals surface area contributed by atoms with Crippen LogP contribution in [0.2, 0.25) is 0 Å². The lowest BCUT2D eigenvalue weighted by Gasteiger charge is -2.12. The average Bonchev–Trinajstić information content (AvgIpc) is 3.26. The number of anilines is 1. The fourth-order valence-corrected chi connectivity index (χ4v) is 3.33. The maximum absolute atomic E-state index is 12.7. The number of carbonyl (C=O) groups is 1. The monoisotopic (exact) mass is 391 g/mol. The van der Waals surface area contributed by atoms with Gasteiger partial charge in [0.2, 0.25) is 0 Å². The molecule has 1 N–H and O–H groups in total. The molecule has 2 aromatic carbocycles. The van der Waals surface area contributed by atoms with Gasteiger partial charge in [0.1, 0.15) is 6.61 Å². The van der Waals surface area contributed by atoms with Gasteiger partial charge in [-0.25, -0.2) is 4.98 Å². The minimum absolute atomic E-state index is 0.248. The summed E-state index contributed by atoms with van der Waals surface area (Å²) in [5, 5.41) is 5.80. The van der Waals surface area contributed by atoms with Crippen molar-refractivity contribution >= 4 is 33.8 Å². The van der Waals surface area contributed by atoms with Gasteiger partial charge in [-0.05, 0) is 30.3 Å². The number of carbonyl (C=O) groups excluding carboxylic acids is 1. The number of aromatic nitrogens is 2. The van der Waals surface area contributed by atoms with E-state index in [1.54, 1.807) is 37.0 Å². The highest BCUT2D eigenvalue weighted by molar-refractivity contribution is 7.07. The predicted molar refractivity (Wildman–Crippen MR) is 109 cm³/mol. The smallest absolute Gasteiger partial charge is 0.255 e. The lowest BCUT2D eigenvalue weighted by atomic mass is 10.1. The summed E-state index contributed by atoms with van der Waals surface area (Å²) in [5.41, 5.74) is 4.47. The number of ether oxygens (including phenoxy) is 2. The number of hydrogen-bond acceptors (Lipinski definition) is 6. The fraction of sp³-hybridized carbons (Fsp3) is 0.0952. The third-order valence-corrected chi connectivity index (χ3v) is 4.80. The third-order valence-electron chi connectivity index (χ3n) is 4.17. The van der Waals surface area contributed by atoms with Crippen LogP contribution in [0, 0.1) is 0 Å². The first-order valence-corrected chi connectivity index (χ1v) is 9.52. The van der Waals surface area contributed by atoms with Crippen LogP contribution in [0.1, 0.15) is 16.1 Å². The van der Waals surface area contributed by atoms with Crippen LogP contribution in [0.15, 0.2) is 65.6 Å². The maximum Gasteiger partial charge on any atom is 0.255 e. The second kappa shape index (κ2) is 8.06. The molecule has 0 aliphatic heterocycles. The van der Waals surface area contributed by atoms with Crippen molar-refractivity contribution in [2.24, 2.45) is 0 Å². The number of amides is 1. The van der Waals surface area contributed by atoms with Crippen molar-refractivity contribution in [3.05, 3.63) is 76.9 Å². The normalized spacial score (nSPS) is 10.6. The Kier molecular flexibility index (Phi) is 5.16. The molecular formula is C21H17N3O3S. The Bertz CT molecular complexity index is 1110. The standard InChI is InChI=1S/C21H17N3O3S/c1-26-19-10-15(7-8-18(19)27-11-16-12-28-13-23-16)21(25)24-17-6-2-4-14-5-3-9-22-20(14)17/h2-10,12-13H,11H2,1H3,(H,24,25). The Morgan fingerprint density at radius 1 is 1.11 bits per heavy atom. The summed E-state index contributed by atoms with van der Waals surface area (Å²) in [5.74, 6) is 0.792. The number of rotatable bonds is 6. The number of nitrogens with one attached hydrogen (secondary N) is 1. The molecule has 7 heteroatoms. The van der Waals surface area contributed by atoms with Gasteiger partial charge in [0.05, 0.1) is 29.5 Å². The Hall–Kier alpha value is -3.45. The van der Waals surface area contributed by atoms with Crippen molar-refractivity contribution in [1.82, 2.24) is 9.97 Å². The highest BCUT2D eigenvalue weighted by Crippen LogP contribution is 2.29. The predicted octanol–water partition coefficient (Wildman–Crippen LogP) is 4.53. The van der Waals surface area contributed by atoms with Crippen molar-refractivity contribution in [3.63, 3.8) is 0 Å². The highest BCUT2D eigenvalue weighted by atomic mass is 32.1. The van der Waals surface area contributed by atoms with E-state index >= 15 is 0 Å². The molecule has 4 rings (SSSR count). The maximum atomic E-state index is 12.7. The number of para-hydroxylation sites is 1. The van der Waals surface area contributed by atoms with Gasteiger partial charge >= 0.3 is 0 Å². The van der Waals surface area contributed by atoms with Crippen LogP contribution >= 0.6 is 11.3 Å². The topological polar surface area (TPSA) is 73.3 Å². The van der Waals surface area contributed by atoms with Crippen molar-refractivity contribution in [2.75, 3.05) is 12.4 Å². The van der Waals surface area contributed by atoms with E-state index in [0.29, 0.717) is 29.4 Å². The van der Waals surface area contributed by atoms with E-state index in [1.165, 1.54) is 11.3 Å². The number of methoxy groups -OCH3 is 1. The van der Waals surface area contributed by atoms with E-state index in [9.17, 15) is 4.79 Å². The van der Waals surface area contributed by atoms with Crippen LogP contribution in [0.5, 0.6) is 11.5 Å². The summed E-state index contributed by atoms with van der Waals surface area (Å²) in [6, 6.07) is 14.6. The molecular weight excluding hydrogens is 374 g/mol. The summed E-state index contributed by atoms with van der Waals surface area (Å²) in [6.45, 7) is 0.340. The molecule has 0 aliphatic carbocycles. The Balaban J connectivity index is 1.54. The number of hydrogen-bond donors (Lipinski definition) is 1. The number of benzene rings is 2. The van der Waals surface area contributed by atoms with Gasteiger partial charge in [-0.1, -0.05) is 18.2 Å². The van der Waals surface area contributed by atoms with E-state index in [0.717, 1.165) is 16.6 Å². The zero-order valence-electron chi connectivity index (χ0n) is 15.1. The first-order valence-electron chi connectivity index (χ1n) is 8.57. The first-order chi connectivity index (χ1) is 13.7. The molecule has 28 heavy (non-hydrogen) atoms. The van der Waals surface area contributed by atoms with Crippen LogP contribution in [-0.4, -0.2) is 23.0 Å². The molecule has 6 nitrogen and oxygen atoms in total. The molecule has 0 spiro atoms. The number of thiazole rings is 1. The second-order valence-electron chi connectivity index (χ2n) is 5.97.